The number of fused-ring (bicyclic) bond motifs is 1. The molecule has 4 heteroatoms. The Bertz CT molecular complexity index is 506. The summed E-state index contributed by atoms with van der Waals surface area (Å²) in [6.45, 7) is 0. The minimum Gasteiger partial charge on any atom is -0.468 e. The fourth-order valence-corrected chi connectivity index (χ4v) is 2.60. The Morgan fingerprint density at radius 3 is 3.06 bits per heavy atom. The summed E-state index contributed by atoms with van der Waals surface area (Å²) in [6, 6.07) is 8.17. The number of alkyl halides is 1. The van der Waals surface area contributed by atoms with Gasteiger partial charge in [-0.05, 0) is 34.9 Å². The fraction of sp³-hybridized carbons (Fsp3) is 0.250. The van der Waals surface area contributed by atoms with Crippen molar-refractivity contribution in [1.82, 2.24) is 0 Å². The SMILES string of the molecule is COC(=O)C(Cl)Cc1ccc2sccc2c1. The second-order valence-corrected chi connectivity index (χ2v) is 4.96. The topological polar surface area (TPSA) is 26.3 Å². The third-order valence-electron chi connectivity index (χ3n) is 2.39. The zero-order valence-electron chi connectivity index (χ0n) is 8.77. The molecule has 0 aliphatic carbocycles. The van der Waals surface area contributed by atoms with Crippen molar-refractivity contribution in [3.63, 3.8) is 0 Å². The molecular weight excluding hydrogens is 244 g/mol. The molecule has 0 radical (unpaired) electrons. The molecule has 1 aromatic carbocycles. The summed E-state index contributed by atoms with van der Waals surface area (Å²) in [5.41, 5.74) is 1.05. The van der Waals surface area contributed by atoms with Crippen LogP contribution < -0.4 is 0 Å². The van der Waals surface area contributed by atoms with E-state index in [2.05, 4.69) is 22.9 Å². The molecule has 0 amide bonds. The van der Waals surface area contributed by atoms with Gasteiger partial charge in [0.1, 0.15) is 5.38 Å². The van der Waals surface area contributed by atoms with E-state index in [1.807, 2.05) is 11.4 Å². The number of thiophene rings is 1. The average molecular weight is 255 g/mol. The van der Waals surface area contributed by atoms with E-state index in [0.29, 0.717) is 6.42 Å². The average Bonchev–Trinajstić information content (AvgIpc) is 2.75. The number of ether oxygens (including phenoxy) is 1. The molecule has 1 unspecified atom stereocenters. The second-order valence-electron chi connectivity index (χ2n) is 3.49. The summed E-state index contributed by atoms with van der Waals surface area (Å²) in [5, 5.41) is 2.63. The van der Waals surface area contributed by atoms with E-state index in [1.165, 1.54) is 17.2 Å². The Hall–Kier alpha value is -1.06. The van der Waals surface area contributed by atoms with Gasteiger partial charge in [-0.25, -0.2) is 0 Å². The van der Waals surface area contributed by atoms with Gasteiger partial charge in [-0.2, -0.15) is 0 Å². The normalized spacial score (nSPS) is 12.6. The van der Waals surface area contributed by atoms with Crippen LogP contribution in [0.2, 0.25) is 0 Å². The minimum atomic E-state index is -0.610. The lowest BCUT2D eigenvalue weighted by Crippen LogP contribution is -2.18. The summed E-state index contributed by atoms with van der Waals surface area (Å²) in [4.78, 5) is 11.2. The lowest BCUT2D eigenvalue weighted by atomic mass is 10.1. The van der Waals surface area contributed by atoms with Gasteiger partial charge in [-0.1, -0.05) is 12.1 Å². The first-order valence-electron chi connectivity index (χ1n) is 4.89. The highest BCUT2D eigenvalue weighted by Crippen LogP contribution is 2.23. The van der Waals surface area contributed by atoms with Crippen molar-refractivity contribution in [2.75, 3.05) is 7.11 Å². The molecule has 1 aromatic heterocycles. The predicted molar refractivity (Wildman–Crippen MR) is 67.2 cm³/mol. The number of benzene rings is 1. The van der Waals surface area contributed by atoms with Gasteiger partial charge >= 0.3 is 5.97 Å². The van der Waals surface area contributed by atoms with Gasteiger partial charge in [0.25, 0.3) is 0 Å². The summed E-state index contributed by atoms with van der Waals surface area (Å²) < 4.78 is 5.83. The third-order valence-corrected chi connectivity index (χ3v) is 3.62. The first-order valence-corrected chi connectivity index (χ1v) is 6.20. The first kappa shape index (κ1) is 11.4. The smallest absolute Gasteiger partial charge is 0.324 e. The maximum absolute atomic E-state index is 11.2. The van der Waals surface area contributed by atoms with Crippen LogP contribution >= 0.6 is 22.9 Å². The molecule has 0 saturated heterocycles. The number of methoxy groups -OCH3 is 1. The maximum atomic E-state index is 11.2. The van der Waals surface area contributed by atoms with Crippen LogP contribution in [-0.4, -0.2) is 18.5 Å². The van der Waals surface area contributed by atoms with Gasteiger partial charge in [0.05, 0.1) is 7.11 Å². The Morgan fingerprint density at radius 1 is 1.50 bits per heavy atom. The molecule has 2 rings (SSSR count). The molecule has 1 atom stereocenters. The number of rotatable bonds is 3. The fourth-order valence-electron chi connectivity index (χ4n) is 1.56. The van der Waals surface area contributed by atoms with Gasteiger partial charge in [-0.15, -0.1) is 22.9 Å². The largest absolute Gasteiger partial charge is 0.468 e. The van der Waals surface area contributed by atoms with Crippen molar-refractivity contribution in [3.05, 3.63) is 35.2 Å². The highest BCUT2D eigenvalue weighted by atomic mass is 35.5. The molecule has 0 N–H and O–H groups in total. The van der Waals surface area contributed by atoms with Crippen LogP contribution in [0.5, 0.6) is 0 Å². The molecule has 0 saturated carbocycles. The van der Waals surface area contributed by atoms with Gasteiger partial charge < -0.3 is 4.74 Å². The summed E-state index contributed by atoms with van der Waals surface area (Å²) in [5.74, 6) is -0.382. The molecule has 0 aliphatic heterocycles. The number of carbonyl (C=O) groups excluding carboxylic acids is 1. The van der Waals surface area contributed by atoms with Crippen LogP contribution in [0.4, 0.5) is 0 Å². The van der Waals surface area contributed by atoms with Crippen LogP contribution in [-0.2, 0) is 16.0 Å². The molecule has 84 valence electrons. The van der Waals surface area contributed by atoms with Gasteiger partial charge in [0, 0.05) is 4.70 Å². The molecule has 0 fully saturated rings. The molecule has 0 bridgehead atoms. The molecular formula is C12H11ClO2S. The van der Waals surface area contributed by atoms with Crippen molar-refractivity contribution < 1.29 is 9.53 Å². The van der Waals surface area contributed by atoms with Crippen molar-refractivity contribution in [3.8, 4) is 0 Å². The van der Waals surface area contributed by atoms with Crippen LogP contribution in [0.15, 0.2) is 29.6 Å². The number of hydrogen-bond donors (Lipinski definition) is 0. The molecule has 0 spiro atoms. The lowest BCUT2D eigenvalue weighted by molar-refractivity contribution is -0.140. The molecule has 0 aliphatic rings. The lowest BCUT2D eigenvalue weighted by Gasteiger charge is -2.07. The van der Waals surface area contributed by atoms with E-state index in [0.717, 1.165) is 5.56 Å². The number of hydrogen-bond acceptors (Lipinski definition) is 3. The molecule has 2 nitrogen and oxygen atoms in total. The van der Waals surface area contributed by atoms with E-state index in [9.17, 15) is 4.79 Å². The van der Waals surface area contributed by atoms with E-state index < -0.39 is 5.38 Å². The van der Waals surface area contributed by atoms with E-state index in [4.69, 9.17) is 11.6 Å². The van der Waals surface area contributed by atoms with Gasteiger partial charge in [0.15, 0.2) is 0 Å². The zero-order chi connectivity index (χ0) is 11.5. The second kappa shape index (κ2) is 4.85. The summed E-state index contributed by atoms with van der Waals surface area (Å²) >= 11 is 7.62. The first-order chi connectivity index (χ1) is 7.70. The highest BCUT2D eigenvalue weighted by molar-refractivity contribution is 7.17. The Kier molecular flexibility index (Phi) is 3.46. The van der Waals surface area contributed by atoms with Crippen LogP contribution in [0.25, 0.3) is 10.1 Å². The van der Waals surface area contributed by atoms with Crippen molar-refractivity contribution >= 4 is 39.0 Å². The number of halogens is 1. The zero-order valence-corrected chi connectivity index (χ0v) is 10.3. The van der Waals surface area contributed by atoms with Gasteiger partial charge in [0.2, 0.25) is 0 Å². The standard InChI is InChI=1S/C12H11ClO2S/c1-15-12(14)10(13)7-8-2-3-11-9(6-8)4-5-16-11/h2-6,10H,7H2,1H3. The molecule has 1 heterocycles. The predicted octanol–water partition coefficient (Wildman–Crippen LogP) is 3.22. The van der Waals surface area contributed by atoms with E-state index in [1.54, 1.807) is 11.3 Å². The van der Waals surface area contributed by atoms with E-state index >= 15 is 0 Å². The maximum Gasteiger partial charge on any atom is 0.324 e. The summed E-state index contributed by atoms with van der Waals surface area (Å²) in [6.07, 6.45) is 0.500. The molecule has 2 aromatic rings. The Labute approximate surface area is 103 Å². The monoisotopic (exact) mass is 254 g/mol. The van der Waals surface area contributed by atoms with Crippen LogP contribution in [0, 0.1) is 0 Å². The quantitative estimate of drug-likeness (QED) is 0.621. The Morgan fingerprint density at radius 2 is 2.31 bits per heavy atom. The van der Waals surface area contributed by atoms with Crippen molar-refractivity contribution in [1.29, 1.82) is 0 Å². The minimum absolute atomic E-state index is 0.382. The van der Waals surface area contributed by atoms with Crippen molar-refractivity contribution in [2.45, 2.75) is 11.8 Å². The summed E-state index contributed by atoms with van der Waals surface area (Å²) in [7, 11) is 1.35. The van der Waals surface area contributed by atoms with Crippen LogP contribution in [0.1, 0.15) is 5.56 Å². The van der Waals surface area contributed by atoms with Crippen LogP contribution in [0.3, 0.4) is 0 Å². The van der Waals surface area contributed by atoms with Gasteiger partial charge in [-0.3, -0.25) is 4.79 Å². The number of esters is 1. The Balaban J connectivity index is 2.17. The molecule has 16 heavy (non-hydrogen) atoms. The number of carbonyl (C=O) groups is 1. The van der Waals surface area contributed by atoms with Crippen molar-refractivity contribution in [2.24, 2.45) is 0 Å². The van der Waals surface area contributed by atoms with E-state index in [-0.39, 0.29) is 5.97 Å². The highest BCUT2D eigenvalue weighted by Gasteiger charge is 2.16. The third kappa shape index (κ3) is 2.36.